The van der Waals surface area contributed by atoms with Crippen LogP contribution < -0.4 is 5.32 Å². The number of H-pyrrole nitrogens is 1. The predicted molar refractivity (Wildman–Crippen MR) is 143 cm³/mol. The second-order valence-corrected chi connectivity index (χ2v) is 9.24. The van der Waals surface area contributed by atoms with Gasteiger partial charge in [0, 0.05) is 32.7 Å². The highest BCUT2D eigenvalue weighted by Crippen LogP contribution is 2.45. The van der Waals surface area contributed by atoms with E-state index < -0.39 is 6.04 Å². The van der Waals surface area contributed by atoms with E-state index in [-0.39, 0.29) is 18.4 Å². The van der Waals surface area contributed by atoms with Gasteiger partial charge in [-0.15, -0.1) is 0 Å². The number of para-hydroxylation sites is 1. The maximum absolute atomic E-state index is 13.6. The molecule has 1 aromatic heterocycles. The first-order valence-corrected chi connectivity index (χ1v) is 12.1. The van der Waals surface area contributed by atoms with Gasteiger partial charge < -0.3 is 15.2 Å². The molecule has 2 N–H and O–H groups in total. The fourth-order valence-electron chi connectivity index (χ4n) is 5.01. The first kappa shape index (κ1) is 22.1. The number of carbonyl (C=O) groups excluding carboxylic acids is 2. The largest absolute Gasteiger partial charge is 0.354 e. The van der Waals surface area contributed by atoms with Crippen molar-refractivity contribution in [1.82, 2.24) is 9.88 Å². The van der Waals surface area contributed by atoms with Crippen molar-refractivity contribution in [1.29, 1.82) is 0 Å². The Morgan fingerprint density at radius 1 is 0.861 bits per heavy atom. The Balaban J connectivity index is 1.47. The Hall–Kier alpha value is -4.35. The summed E-state index contributed by atoms with van der Waals surface area (Å²) < 4.78 is 0. The lowest BCUT2D eigenvalue weighted by atomic mass is 9.93. The van der Waals surface area contributed by atoms with Crippen molar-refractivity contribution >= 4 is 40.0 Å². The van der Waals surface area contributed by atoms with Gasteiger partial charge in [0.15, 0.2) is 0 Å². The second kappa shape index (κ2) is 9.02. The summed E-state index contributed by atoms with van der Waals surface area (Å²) in [4.78, 5) is 32.0. The van der Waals surface area contributed by atoms with Gasteiger partial charge >= 0.3 is 0 Å². The summed E-state index contributed by atoms with van der Waals surface area (Å²) in [6.07, 6.45) is 0. The minimum Gasteiger partial charge on any atom is -0.354 e. The number of aromatic nitrogens is 1. The number of aromatic amines is 1. The molecule has 1 atom stereocenters. The number of rotatable bonds is 5. The number of hydrogen-bond donors (Lipinski definition) is 2. The van der Waals surface area contributed by atoms with Gasteiger partial charge in [-0.05, 0) is 47.5 Å². The number of nitrogens with zero attached hydrogens (tertiary/aromatic N) is 1. The molecule has 176 valence electrons. The molecule has 0 radical (unpaired) electrons. The van der Waals surface area contributed by atoms with E-state index in [1.54, 1.807) is 29.2 Å². The van der Waals surface area contributed by atoms with Gasteiger partial charge in [0.05, 0.1) is 11.7 Å². The molecule has 5 aromatic rings. The summed E-state index contributed by atoms with van der Waals surface area (Å²) in [5, 5.41) is 4.50. The lowest BCUT2D eigenvalue weighted by Gasteiger charge is -2.26. The zero-order valence-electron chi connectivity index (χ0n) is 19.2. The van der Waals surface area contributed by atoms with Crippen LogP contribution in [0.2, 0.25) is 5.02 Å². The molecule has 0 fully saturated rings. The molecule has 5 nitrogen and oxygen atoms in total. The van der Waals surface area contributed by atoms with Gasteiger partial charge in [0.2, 0.25) is 5.91 Å². The molecule has 2 amide bonds. The van der Waals surface area contributed by atoms with E-state index in [9.17, 15) is 9.59 Å². The van der Waals surface area contributed by atoms with Gasteiger partial charge in [-0.1, -0.05) is 78.3 Å². The Labute approximate surface area is 213 Å². The van der Waals surface area contributed by atoms with Gasteiger partial charge in [0.25, 0.3) is 5.91 Å². The molecule has 0 saturated heterocycles. The third kappa shape index (κ3) is 3.84. The Morgan fingerprint density at radius 3 is 2.36 bits per heavy atom. The standard InChI is InChI=1S/C30H22ClN3O2/c31-20-14-16-21(17-15-20)32-26(35)18-34-29(22-10-4-5-11-23(22)30(34)36)27-24-12-6-7-13-25(24)33-28(27)19-8-2-1-3-9-19/h1-17,29,33H,18H2,(H,32,35). The van der Waals surface area contributed by atoms with Crippen LogP contribution in [-0.2, 0) is 4.79 Å². The number of halogens is 1. The first-order chi connectivity index (χ1) is 17.6. The van der Waals surface area contributed by atoms with Crippen molar-refractivity contribution < 1.29 is 9.59 Å². The first-order valence-electron chi connectivity index (χ1n) is 11.7. The van der Waals surface area contributed by atoms with Crippen LogP contribution >= 0.6 is 11.6 Å². The highest BCUT2D eigenvalue weighted by atomic mass is 35.5. The van der Waals surface area contributed by atoms with Crippen LogP contribution in [-0.4, -0.2) is 28.2 Å². The SMILES string of the molecule is O=C(CN1C(=O)c2ccccc2C1c1c(-c2ccccc2)[nH]c2ccccc12)Nc1ccc(Cl)cc1. The maximum Gasteiger partial charge on any atom is 0.255 e. The molecule has 0 aliphatic carbocycles. The minimum atomic E-state index is -0.420. The number of nitrogens with one attached hydrogen (secondary N) is 2. The zero-order chi connectivity index (χ0) is 24.6. The van der Waals surface area contributed by atoms with Crippen LogP contribution in [0.3, 0.4) is 0 Å². The summed E-state index contributed by atoms with van der Waals surface area (Å²) >= 11 is 5.98. The second-order valence-electron chi connectivity index (χ2n) is 8.80. The number of benzene rings is 4. The summed E-state index contributed by atoms with van der Waals surface area (Å²) in [6, 6.07) is 32.3. The third-order valence-corrected chi connectivity index (χ3v) is 6.83. The lowest BCUT2D eigenvalue weighted by Crippen LogP contribution is -2.36. The van der Waals surface area contributed by atoms with E-state index in [1.807, 2.05) is 60.7 Å². The number of hydrogen-bond acceptors (Lipinski definition) is 2. The average Bonchev–Trinajstić information content (AvgIpc) is 3.41. The van der Waals surface area contributed by atoms with Crippen LogP contribution in [0.4, 0.5) is 5.69 Å². The van der Waals surface area contributed by atoms with Gasteiger partial charge in [0.1, 0.15) is 6.54 Å². The Bertz CT molecular complexity index is 1590. The van der Waals surface area contributed by atoms with Gasteiger partial charge in [-0.25, -0.2) is 0 Å². The highest BCUT2D eigenvalue weighted by molar-refractivity contribution is 6.30. The van der Waals surface area contributed by atoms with Gasteiger partial charge in [-0.2, -0.15) is 0 Å². The van der Waals surface area contributed by atoms with E-state index in [0.717, 1.165) is 33.3 Å². The molecule has 6 heteroatoms. The van der Waals surface area contributed by atoms with Crippen molar-refractivity contribution in [2.24, 2.45) is 0 Å². The maximum atomic E-state index is 13.6. The molecule has 6 rings (SSSR count). The van der Waals surface area contributed by atoms with Crippen LogP contribution in [0.25, 0.3) is 22.2 Å². The van der Waals surface area contributed by atoms with Gasteiger partial charge in [-0.3, -0.25) is 9.59 Å². The van der Waals surface area contributed by atoms with Crippen LogP contribution in [0.1, 0.15) is 27.5 Å². The van der Waals surface area contributed by atoms with E-state index in [1.165, 1.54) is 0 Å². The molecular weight excluding hydrogens is 470 g/mol. The van der Waals surface area contributed by atoms with E-state index in [0.29, 0.717) is 16.3 Å². The monoisotopic (exact) mass is 491 g/mol. The molecule has 36 heavy (non-hydrogen) atoms. The summed E-state index contributed by atoms with van der Waals surface area (Å²) in [7, 11) is 0. The summed E-state index contributed by atoms with van der Waals surface area (Å²) in [6.45, 7) is -0.0887. The molecule has 1 aliphatic heterocycles. The molecule has 0 bridgehead atoms. The van der Waals surface area contributed by atoms with Crippen molar-refractivity contribution in [3.63, 3.8) is 0 Å². The van der Waals surface area contributed by atoms with Crippen molar-refractivity contribution in [2.45, 2.75) is 6.04 Å². The summed E-state index contributed by atoms with van der Waals surface area (Å²) in [5.74, 6) is -0.435. The molecule has 2 heterocycles. The zero-order valence-corrected chi connectivity index (χ0v) is 20.0. The van der Waals surface area contributed by atoms with Crippen LogP contribution in [0, 0.1) is 0 Å². The quantitative estimate of drug-likeness (QED) is 0.288. The minimum absolute atomic E-state index is 0.0887. The van der Waals surface area contributed by atoms with Crippen molar-refractivity contribution in [3.8, 4) is 11.3 Å². The predicted octanol–water partition coefficient (Wildman–Crippen LogP) is 6.67. The van der Waals surface area contributed by atoms with E-state index in [4.69, 9.17) is 11.6 Å². The molecule has 0 spiro atoms. The molecule has 1 aliphatic rings. The molecule has 0 saturated carbocycles. The Kier molecular flexibility index (Phi) is 5.55. The smallest absolute Gasteiger partial charge is 0.255 e. The highest BCUT2D eigenvalue weighted by Gasteiger charge is 2.40. The number of fused-ring (bicyclic) bond motifs is 2. The lowest BCUT2D eigenvalue weighted by molar-refractivity contribution is -0.117. The fourth-order valence-corrected chi connectivity index (χ4v) is 5.14. The van der Waals surface area contributed by atoms with Crippen LogP contribution in [0.15, 0.2) is 103 Å². The average molecular weight is 492 g/mol. The molecular formula is C30H22ClN3O2. The molecule has 1 unspecified atom stereocenters. The number of carbonyl (C=O) groups is 2. The normalized spacial score (nSPS) is 14.8. The fraction of sp³-hybridized carbons (Fsp3) is 0.0667. The van der Waals surface area contributed by atoms with Crippen LogP contribution in [0.5, 0.6) is 0 Å². The number of anilines is 1. The third-order valence-electron chi connectivity index (χ3n) is 6.58. The molecule has 4 aromatic carbocycles. The van der Waals surface area contributed by atoms with Crippen molar-refractivity contribution in [2.75, 3.05) is 11.9 Å². The Morgan fingerprint density at radius 2 is 1.56 bits per heavy atom. The summed E-state index contributed by atoms with van der Waals surface area (Å²) in [5.41, 5.74) is 6.06. The van der Waals surface area contributed by atoms with Crippen molar-refractivity contribution in [3.05, 3.63) is 125 Å². The topological polar surface area (TPSA) is 65.2 Å². The number of amides is 2. The van der Waals surface area contributed by atoms with E-state index in [2.05, 4.69) is 28.5 Å². The van der Waals surface area contributed by atoms with E-state index >= 15 is 0 Å².